The lowest BCUT2D eigenvalue weighted by atomic mass is 10.1. The van der Waals surface area contributed by atoms with Gasteiger partial charge in [0, 0.05) is 12.8 Å². The van der Waals surface area contributed by atoms with Crippen LogP contribution in [0.25, 0.3) is 0 Å². The third-order valence-electron chi connectivity index (χ3n) is 5.25. The molecule has 29 heavy (non-hydrogen) atoms. The topological polar surface area (TPSA) is 64.3 Å². The number of esters is 1. The van der Waals surface area contributed by atoms with Crippen molar-refractivity contribution >= 4 is 5.97 Å². The highest BCUT2D eigenvalue weighted by Gasteiger charge is 2.12. The van der Waals surface area contributed by atoms with Crippen molar-refractivity contribution in [1.29, 1.82) is 0 Å². The zero-order valence-corrected chi connectivity index (χ0v) is 19.6. The third kappa shape index (κ3) is 21.7. The maximum atomic E-state index is 12.0. The van der Waals surface area contributed by atoms with Crippen LogP contribution in [0.4, 0.5) is 0 Å². The van der Waals surface area contributed by atoms with Crippen LogP contribution >= 0.6 is 0 Å². The fourth-order valence-electron chi connectivity index (χ4n) is 3.35. The molecule has 1 unspecified atom stereocenters. The number of allylic oxidation sites excluding steroid dienone is 2. The quantitative estimate of drug-likeness (QED) is 0.0909. The Morgan fingerprint density at radius 2 is 1.38 bits per heavy atom. The van der Waals surface area contributed by atoms with E-state index < -0.39 is 0 Å². The zero-order valence-electron chi connectivity index (χ0n) is 19.6. The van der Waals surface area contributed by atoms with Gasteiger partial charge < -0.3 is 10.5 Å². The molecule has 0 aliphatic carbocycles. The van der Waals surface area contributed by atoms with Crippen LogP contribution in [0, 0.1) is 0 Å². The minimum absolute atomic E-state index is 0.0925. The minimum atomic E-state index is -0.220. The Balaban J connectivity index is 3.47. The number of carbonyl (C=O) groups is 1. The fourth-order valence-corrected chi connectivity index (χ4v) is 3.35. The Bertz CT molecular complexity index is 372. The van der Waals surface area contributed by atoms with Gasteiger partial charge in [-0.25, -0.2) is 0 Å². The lowest BCUT2D eigenvalue weighted by Gasteiger charge is -2.18. The van der Waals surface area contributed by atoms with Crippen molar-refractivity contribution in [2.45, 2.75) is 129 Å². The van der Waals surface area contributed by atoms with Gasteiger partial charge in [0.15, 0.2) is 6.23 Å². The summed E-state index contributed by atoms with van der Waals surface area (Å²) < 4.78 is 5.52. The predicted octanol–water partition coefficient (Wildman–Crippen LogP) is 6.63. The Morgan fingerprint density at radius 1 is 0.828 bits per heavy atom. The maximum Gasteiger partial charge on any atom is 0.307 e. The van der Waals surface area contributed by atoms with Gasteiger partial charge in [-0.05, 0) is 51.6 Å². The first-order chi connectivity index (χ1) is 14.2. The van der Waals surface area contributed by atoms with Crippen LogP contribution in [0.5, 0.6) is 0 Å². The largest absolute Gasteiger partial charge is 0.447 e. The minimum Gasteiger partial charge on any atom is -0.447 e. The molecule has 0 aromatic rings. The first-order valence-corrected chi connectivity index (χ1v) is 12.5. The average molecular weight is 411 g/mol. The van der Waals surface area contributed by atoms with E-state index in [0.29, 0.717) is 19.4 Å². The standard InChI is InChI=1S/C25H50N2O2/c1-3-5-7-8-9-10-11-12-13-14-15-16-17-18-19-20-25(28)29-24(21-22-26)27-23-6-4-2/h12-13,24,27H,3-11,14-23,26H2,1-2H3/b13-12-. The zero-order chi connectivity index (χ0) is 21.4. The molecule has 0 saturated carbocycles. The van der Waals surface area contributed by atoms with Crippen LogP contribution in [0.1, 0.15) is 123 Å². The van der Waals surface area contributed by atoms with E-state index in [1.807, 2.05) is 0 Å². The number of rotatable bonds is 22. The molecule has 0 saturated heterocycles. The molecule has 0 aliphatic rings. The highest BCUT2D eigenvalue weighted by Crippen LogP contribution is 2.10. The molecular weight excluding hydrogens is 360 g/mol. The second-order valence-electron chi connectivity index (χ2n) is 8.20. The van der Waals surface area contributed by atoms with Crippen molar-refractivity contribution in [3.8, 4) is 0 Å². The molecule has 0 aliphatic heterocycles. The lowest BCUT2D eigenvalue weighted by Crippen LogP contribution is -2.36. The Hall–Kier alpha value is -0.870. The molecule has 0 radical (unpaired) electrons. The van der Waals surface area contributed by atoms with E-state index in [1.54, 1.807) is 0 Å². The van der Waals surface area contributed by atoms with Crippen molar-refractivity contribution in [1.82, 2.24) is 5.32 Å². The molecule has 3 N–H and O–H groups in total. The second-order valence-corrected chi connectivity index (χ2v) is 8.20. The summed E-state index contributed by atoms with van der Waals surface area (Å²) in [6.07, 6.45) is 24.4. The van der Waals surface area contributed by atoms with Crippen LogP contribution in [0.2, 0.25) is 0 Å². The van der Waals surface area contributed by atoms with Gasteiger partial charge in [-0.15, -0.1) is 0 Å². The Labute approximate surface area is 181 Å². The van der Waals surface area contributed by atoms with Crippen molar-refractivity contribution in [2.24, 2.45) is 5.73 Å². The van der Waals surface area contributed by atoms with Gasteiger partial charge in [-0.1, -0.05) is 83.8 Å². The average Bonchev–Trinajstić information content (AvgIpc) is 2.71. The van der Waals surface area contributed by atoms with Crippen molar-refractivity contribution in [3.63, 3.8) is 0 Å². The molecular formula is C25H50N2O2. The molecule has 0 heterocycles. The van der Waals surface area contributed by atoms with E-state index in [-0.39, 0.29) is 12.2 Å². The number of nitrogens with one attached hydrogen (secondary N) is 1. The van der Waals surface area contributed by atoms with Gasteiger partial charge in [-0.3, -0.25) is 10.1 Å². The van der Waals surface area contributed by atoms with Crippen molar-refractivity contribution in [2.75, 3.05) is 13.1 Å². The highest BCUT2D eigenvalue weighted by atomic mass is 16.6. The van der Waals surface area contributed by atoms with E-state index >= 15 is 0 Å². The van der Waals surface area contributed by atoms with Crippen LogP contribution < -0.4 is 11.1 Å². The van der Waals surface area contributed by atoms with Gasteiger partial charge in [-0.2, -0.15) is 0 Å². The van der Waals surface area contributed by atoms with E-state index in [1.165, 1.54) is 70.6 Å². The summed E-state index contributed by atoms with van der Waals surface area (Å²) in [5, 5.41) is 3.28. The number of hydrogen-bond acceptors (Lipinski definition) is 4. The normalized spacial score (nSPS) is 12.5. The smallest absolute Gasteiger partial charge is 0.307 e. The molecule has 0 rings (SSSR count). The summed E-state index contributed by atoms with van der Waals surface area (Å²) in [5.41, 5.74) is 5.61. The summed E-state index contributed by atoms with van der Waals surface area (Å²) in [6.45, 7) is 5.83. The number of unbranched alkanes of at least 4 members (excludes halogenated alkanes) is 12. The summed E-state index contributed by atoms with van der Waals surface area (Å²) in [7, 11) is 0. The number of hydrogen-bond donors (Lipinski definition) is 2. The first-order valence-electron chi connectivity index (χ1n) is 12.5. The molecule has 1 atom stereocenters. The molecule has 4 nitrogen and oxygen atoms in total. The second kappa shape index (κ2) is 23.4. The summed E-state index contributed by atoms with van der Waals surface area (Å²) in [6, 6.07) is 0. The first kappa shape index (κ1) is 28.1. The number of ether oxygens (including phenoxy) is 1. The lowest BCUT2D eigenvalue weighted by molar-refractivity contribution is -0.151. The molecule has 0 aromatic carbocycles. The van der Waals surface area contributed by atoms with Gasteiger partial charge >= 0.3 is 5.97 Å². The van der Waals surface area contributed by atoms with Crippen molar-refractivity contribution in [3.05, 3.63) is 12.2 Å². The Kier molecular flexibility index (Phi) is 22.7. The van der Waals surface area contributed by atoms with E-state index in [2.05, 4.69) is 31.3 Å². The maximum absolute atomic E-state index is 12.0. The number of nitrogens with two attached hydrogens (primary N) is 1. The molecule has 0 bridgehead atoms. The van der Waals surface area contributed by atoms with Gasteiger partial charge in [0.05, 0.1) is 0 Å². The summed E-state index contributed by atoms with van der Waals surface area (Å²) in [4.78, 5) is 12.0. The fraction of sp³-hybridized carbons (Fsp3) is 0.880. The van der Waals surface area contributed by atoms with E-state index in [0.717, 1.165) is 32.2 Å². The van der Waals surface area contributed by atoms with Crippen molar-refractivity contribution < 1.29 is 9.53 Å². The van der Waals surface area contributed by atoms with Crippen LogP contribution in [-0.2, 0) is 9.53 Å². The monoisotopic (exact) mass is 410 g/mol. The van der Waals surface area contributed by atoms with Gasteiger partial charge in [0.2, 0.25) is 0 Å². The summed E-state index contributed by atoms with van der Waals surface area (Å²) in [5.74, 6) is -0.0925. The predicted molar refractivity (Wildman–Crippen MR) is 126 cm³/mol. The molecule has 0 aromatic heterocycles. The van der Waals surface area contributed by atoms with Gasteiger partial charge in [0.1, 0.15) is 0 Å². The van der Waals surface area contributed by atoms with Crippen LogP contribution in [0.3, 0.4) is 0 Å². The SMILES string of the molecule is CCCCCCCC/C=C\CCCCCCCC(=O)OC(CCN)NCCCC. The summed E-state index contributed by atoms with van der Waals surface area (Å²) >= 11 is 0. The molecule has 0 spiro atoms. The molecule has 0 amide bonds. The van der Waals surface area contributed by atoms with E-state index in [4.69, 9.17) is 10.5 Å². The molecule has 0 fully saturated rings. The third-order valence-corrected chi connectivity index (χ3v) is 5.25. The molecule has 172 valence electrons. The van der Waals surface area contributed by atoms with Crippen LogP contribution in [0.15, 0.2) is 12.2 Å². The van der Waals surface area contributed by atoms with E-state index in [9.17, 15) is 4.79 Å². The number of carbonyl (C=O) groups excluding carboxylic acids is 1. The highest BCUT2D eigenvalue weighted by molar-refractivity contribution is 5.69. The Morgan fingerprint density at radius 3 is 1.97 bits per heavy atom. The van der Waals surface area contributed by atoms with Gasteiger partial charge in [0.25, 0.3) is 0 Å². The molecule has 4 heteroatoms. The van der Waals surface area contributed by atoms with Crippen LogP contribution in [-0.4, -0.2) is 25.3 Å².